The summed E-state index contributed by atoms with van der Waals surface area (Å²) in [7, 11) is 0. The highest BCUT2D eigenvalue weighted by Gasteiger charge is 2.09. The molecule has 0 aliphatic carbocycles. The zero-order valence-electron chi connectivity index (χ0n) is 7.41. The summed E-state index contributed by atoms with van der Waals surface area (Å²) in [5, 5.41) is 4.03. The fourth-order valence-corrected chi connectivity index (χ4v) is 1.43. The average molecular weight is 212 g/mol. The molecule has 2 aromatic rings. The lowest BCUT2D eigenvalue weighted by Crippen LogP contribution is -1.99. The van der Waals surface area contributed by atoms with Gasteiger partial charge in [-0.1, -0.05) is 11.6 Å². The molecule has 0 aliphatic heterocycles. The van der Waals surface area contributed by atoms with Crippen LogP contribution in [0.25, 0.3) is 5.69 Å². The number of nitrogens with zero attached hydrogens (tertiary/aromatic N) is 3. The standard InChI is InChI=1S/C9H7ClFN3/c1-6-8(14-5-12-4-13-14)3-2-7(10)9(6)11/h2-5H,1H3. The summed E-state index contributed by atoms with van der Waals surface area (Å²) in [5.41, 5.74) is 1.10. The molecular formula is C9H7ClFN3. The highest BCUT2D eigenvalue weighted by atomic mass is 35.5. The van der Waals surface area contributed by atoms with Crippen molar-refractivity contribution >= 4 is 11.6 Å². The zero-order valence-corrected chi connectivity index (χ0v) is 8.16. The van der Waals surface area contributed by atoms with Crippen LogP contribution >= 0.6 is 11.6 Å². The molecule has 0 atom stereocenters. The Hall–Kier alpha value is -1.42. The summed E-state index contributed by atoms with van der Waals surface area (Å²) in [5.74, 6) is -0.417. The largest absolute Gasteiger partial charge is 0.223 e. The Morgan fingerprint density at radius 2 is 2.21 bits per heavy atom. The van der Waals surface area contributed by atoms with Crippen LogP contribution in [-0.2, 0) is 0 Å². The van der Waals surface area contributed by atoms with Crippen molar-refractivity contribution in [1.29, 1.82) is 0 Å². The lowest BCUT2D eigenvalue weighted by Gasteiger charge is -2.06. The third-order valence-electron chi connectivity index (χ3n) is 1.98. The molecule has 14 heavy (non-hydrogen) atoms. The second-order valence-electron chi connectivity index (χ2n) is 2.85. The van der Waals surface area contributed by atoms with E-state index < -0.39 is 5.82 Å². The predicted octanol–water partition coefficient (Wildman–Crippen LogP) is 2.37. The molecule has 1 heterocycles. The maximum Gasteiger partial charge on any atom is 0.146 e. The van der Waals surface area contributed by atoms with Gasteiger partial charge in [0.25, 0.3) is 0 Å². The summed E-state index contributed by atoms with van der Waals surface area (Å²) in [4.78, 5) is 3.79. The first-order valence-corrected chi connectivity index (χ1v) is 4.37. The van der Waals surface area contributed by atoms with Crippen LogP contribution in [0.3, 0.4) is 0 Å². The number of aromatic nitrogens is 3. The molecule has 0 fully saturated rings. The Labute approximate surface area is 85.1 Å². The van der Waals surface area contributed by atoms with E-state index in [-0.39, 0.29) is 5.02 Å². The maximum atomic E-state index is 13.4. The van der Waals surface area contributed by atoms with Gasteiger partial charge >= 0.3 is 0 Å². The van der Waals surface area contributed by atoms with Gasteiger partial charge in [0, 0.05) is 5.56 Å². The number of benzene rings is 1. The minimum Gasteiger partial charge on any atom is -0.223 e. The molecule has 0 radical (unpaired) electrons. The van der Waals surface area contributed by atoms with Gasteiger partial charge in [0.15, 0.2) is 0 Å². The average Bonchev–Trinajstić information content (AvgIpc) is 2.67. The van der Waals surface area contributed by atoms with Gasteiger partial charge in [-0.05, 0) is 19.1 Å². The molecule has 5 heteroatoms. The zero-order chi connectivity index (χ0) is 10.1. The van der Waals surface area contributed by atoms with E-state index in [1.165, 1.54) is 23.4 Å². The molecule has 0 amide bonds. The van der Waals surface area contributed by atoms with Gasteiger partial charge in [0.05, 0.1) is 10.7 Å². The van der Waals surface area contributed by atoms with Crippen LogP contribution in [0.5, 0.6) is 0 Å². The van der Waals surface area contributed by atoms with Crippen LogP contribution in [0.4, 0.5) is 4.39 Å². The highest BCUT2D eigenvalue weighted by molar-refractivity contribution is 6.30. The lowest BCUT2D eigenvalue weighted by atomic mass is 10.2. The summed E-state index contributed by atoms with van der Waals surface area (Å²) >= 11 is 5.63. The van der Waals surface area contributed by atoms with E-state index >= 15 is 0 Å². The summed E-state index contributed by atoms with van der Waals surface area (Å²) in [6, 6.07) is 3.20. The molecule has 0 saturated carbocycles. The van der Waals surface area contributed by atoms with Crippen LogP contribution in [0.2, 0.25) is 5.02 Å². The van der Waals surface area contributed by atoms with Gasteiger partial charge in [-0.2, -0.15) is 5.10 Å². The first-order chi connectivity index (χ1) is 6.70. The van der Waals surface area contributed by atoms with Gasteiger partial charge < -0.3 is 0 Å². The molecule has 1 aromatic heterocycles. The van der Waals surface area contributed by atoms with Gasteiger partial charge in [-0.15, -0.1) is 0 Å². The molecule has 0 aliphatic rings. The summed E-state index contributed by atoms with van der Waals surface area (Å²) in [6.07, 6.45) is 2.90. The predicted molar refractivity (Wildman–Crippen MR) is 51.1 cm³/mol. The molecule has 0 unspecified atom stereocenters. The van der Waals surface area contributed by atoms with E-state index in [4.69, 9.17) is 11.6 Å². The molecule has 2 rings (SSSR count). The number of hydrogen-bond acceptors (Lipinski definition) is 2. The Bertz CT molecular complexity index is 453. The molecule has 0 spiro atoms. The molecule has 0 saturated heterocycles. The van der Waals surface area contributed by atoms with Crippen molar-refractivity contribution in [2.24, 2.45) is 0 Å². The van der Waals surface area contributed by atoms with Crippen LogP contribution in [-0.4, -0.2) is 14.8 Å². The van der Waals surface area contributed by atoms with Crippen LogP contribution in [0.15, 0.2) is 24.8 Å². The van der Waals surface area contributed by atoms with E-state index in [9.17, 15) is 4.39 Å². The van der Waals surface area contributed by atoms with Crippen molar-refractivity contribution < 1.29 is 4.39 Å². The van der Waals surface area contributed by atoms with Crippen molar-refractivity contribution in [3.05, 3.63) is 41.2 Å². The van der Waals surface area contributed by atoms with Crippen molar-refractivity contribution in [1.82, 2.24) is 14.8 Å². The van der Waals surface area contributed by atoms with Gasteiger partial charge in [0.2, 0.25) is 0 Å². The monoisotopic (exact) mass is 211 g/mol. The normalized spacial score (nSPS) is 10.5. The van der Waals surface area contributed by atoms with E-state index in [0.717, 1.165) is 0 Å². The number of halogens is 2. The van der Waals surface area contributed by atoms with Crippen molar-refractivity contribution in [3.63, 3.8) is 0 Å². The highest BCUT2D eigenvalue weighted by Crippen LogP contribution is 2.22. The fourth-order valence-electron chi connectivity index (χ4n) is 1.22. The van der Waals surface area contributed by atoms with Gasteiger partial charge in [-0.25, -0.2) is 14.1 Å². The minimum absolute atomic E-state index is 0.117. The third-order valence-corrected chi connectivity index (χ3v) is 2.27. The molecular weight excluding hydrogens is 205 g/mol. The summed E-state index contributed by atoms with van der Waals surface area (Å²) in [6.45, 7) is 1.65. The second-order valence-corrected chi connectivity index (χ2v) is 3.25. The van der Waals surface area contributed by atoms with Crippen LogP contribution in [0, 0.1) is 12.7 Å². The molecule has 0 N–H and O–H groups in total. The van der Waals surface area contributed by atoms with Gasteiger partial charge in [-0.3, -0.25) is 0 Å². The number of hydrogen-bond donors (Lipinski definition) is 0. The summed E-state index contributed by atoms with van der Waals surface area (Å²) < 4.78 is 14.9. The Kier molecular flexibility index (Phi) is 2.21. The maximum absolute atomic E-state index is 13.4. The van der Waals surface area contributed by atoms with E-state index in [0.29, 0.717) is 11.3 Å². The minimum atomic E-state index is -0.417. The van der Waals surface area contributed by atoms with Crippen LogP contribution < -0.4 is 0 Å². The Morgan fingerprint density at radius 1 is 1.43 bits per heavy atom. The Morgan fingerprint density at radius 3 is 2.86 bits per heavy atom. The molecule has 3 nitrogen and oxygen atoms in total. The van der Waals surface area contributed by atoms with Crippen molar-refractivity contribution in [2.75, 3.05) is 0 Å². The van der Waals surface area contributed by atoms with Crippen molar-refractivity contribution in [3.8, 4) is 5.69 Å². The topological polar surface area (TPSA) is 30.7 Å². The van der Waals surface area contributed by atoms with Gasteiger partial charge in [0.1, 0.15) is 18.5 Å². The van der Waals surface area contributed by atoms with E-state index in [2.05, 4.69) is 10.1 Å². The molecule has 1 aromatic carbocycles. The third kappa shape index (κ3) is 1.37. The fraction of sp³-hybridized carbons (Fsp3) is 0.111. The SMILES string of the molecule is Cc1c(-n2cncn2)ccc(Cl)c1F. The quantitative estimate of drug-likeness (QED) is 0.725. The number of rotatable bonds is 1. The van der Waals surface area contributed by atoms with Crippen LogP contribution in [0.1, 0.15) is 5.56 Å². The first-order valence-electron chi connectivity index (χ1n) is 4.00. The first kappa shape index (κ1) is 9.15. The Balaban J connectivity index is 2.61. The van der Waals surface area contributed by atoms with E-state index in [1.807, 2.05) is 0 Å². The molecule has 0 bridgehead atoms. The lowest BCUT2D eigenvalue weighted by molar-refractivity contribution is 0.616. The van der Waals surface area contributed by atoms with Crippen molar-refractivity contribution in [2.45, 2.75) is 6.92 Å². The second kappa shape index (κ2) is 3.38. The smallest absolute Gasteiger partial charge is 0.146 e. The van der Waals surface area contributed by atoms with E-state index in [1.54, 1.807) is 13.0 Å². The molecule has 72 valence electrons.